The molecule has 0 atom stereocenters. The molecule has 0 fully saturated rings. The van der Waals surface area contributed by atoms with Crippen LogP contribution in [-0.2, 0) is 14.9 Å². The Balaban J connectivity index is 2.02. The number of nitrogens with one attached hydrogen (secondary N) is 2. The zero-order valence-corrected chi connectivity index (χ0v) is 14.3. The van der Waals surface area contributed by atoms with Crippen LogP contribution in [0.5, 0.6) is 0 Å². The molecule has 2 aromatic rings. The van der Waals surface area contributed by atoms with Crippen molar-refractivity contribution < 1.29 is 22.8 Å². The third-order valence-electron chi connectivity index (χ3n) is 3.20. The number of pyridine rings is 1. The Morgan fingerprint density at radius 2 is 1.68 bits per heavy atom. The lowest BCUT2D eigenvalue weighted by Crippen LogP contribution is -2.41. The number of aromatic nitrogens is 1. The Morgan fingerprint density at radius 1 is 1.04 bits per heavy atom. The lowest BCUT2D eigenvalue weighted by Gasteiger charge is -2.14. The zero-order chi connectivity index (χ0) is 18.4. The maximum atomic E-state index is 12.1. The summed E-state index contributed by atoms with van der Waals surface area (Å²) >= 11 is 0. The van der Waals surface area contributed by atoms with Gasteiger partial charge in [0.1, 0.15) is 5.69 Å². The van der Waals surface area contributed by atoms with E-state index < -0.39 is 21.8 Å². The number of hydroxylamine groups is 1. The number of carbonyl (C=O) groups is 2. The smallest absolute Gasteiger partial charge is 0.288 e. The van der Waals surface area contributed by atoms with Gasteiger partial charge in [0.05, 0.1) is 12.0 Å². The van der Waals surface area contributed by atoms with Crippen LogP contribution >= 0.6 is 0 Å². The molecule has 2 N–H and O–H groups in total. The molecule has 0 spiro atoms. The molecule has 0 aliphatic carbocycles. The van der Waals surface area contributed by atoms with Crippen LogP contribution in [0.1, 0.15) is 20.8 Å². The molecule has 0 saturated heterocycles. The van der Waals surface area contributed by atoms with E-state index in [1.807, 2.05) is 0 Å². The first-order chi connectivity index (χ1) is 11.9. The van der Waals surface area contributed by atoms with Crippen molar-refractivity contribution in [2.75, 3.05) is 14.2 Å². The Kier molecular flexibility index (Phi) is 5.80. The number of carbonyl (C=O) groups excluding carboxylic acids is 2. The van der Waals surface area contributed by atoms with Gasteiger partial charge < -0.3 is 0 Å². The molecule has 25 heavy (non-hydrogen) atoms. The Morgan fingerprint density at radius 3 is 2.24 bits per heavy atom. The molecule has 0 aliphatic rings. The average molecular weight is 364 g/mol. The third kappa shape index (κ3) is 4.38. The molecular formula is C15H16N4O5S. The maximum Gasteiger partial charge on any atom is 0.288 e. The van der Waals surface area contributed by atoms with Gasteiger partial charge in [-0.05, 0) is 36.4 Å². The van der Waals surface area contributed by atoms with Crippen molar-refractivity contribution in [2.45, 2.75) is 4.90 Å². The molecule has 0 bridgehead atoms. The summed E-state index contributed by atoms with van der Waals surface area (Å²) in [7, 11) is -1.31. The van der Waals surface area contributed by atoms with Crippen LogP contribution in [0.2, 0.25) is 0 Å². The Labute approximate surface area is 144 Å². The highest BCUT2D eigenvalue weighted by atomic mass is 32.2. The summed E-state index contributed by atoms with van der Waals surface area (Å²) in [6.45, 7) is 0. The number of sulfonamides is 1. The van der Waals surface area contributed by atoms with Gasteiger partial charge >= 0.3 is 0 Å². The van der Waals surface area contributed by atoms with Crippen LogP contribution in [0.4, 0.5) is 0 Å². The van der Waals surface area contributed by atoms with E-state index in [1.165, 1.54) is 50.7 Å². The minimum atomic E-state index is -3.79. The second-order valence-corrected chi connectivity index (χ2v) is 6.68. The van der Waals surface area contributed by atoms with Gasteiger partial charge in [-0.2, -0.15) is 0 Å². The first kappa shape index (κ1) is 18.5. The molecule has 0 radical (unpaired) electrons. The number of nitrogens with zero attached hydrogens (tertiary/aromatic N) is 2. The van der Waals surface area contributed by atoms with E-state index in [4.69, 9.17) is 0 Å². The fourth-order valence-corrected chi connectivity index (χ4v) is 2.74. The van der Waals surface area contributed by atoms with Gasteiger partial charge in [-0.15, -0.1) is 0 Å². The summed E-state index contributed by atoms with van der Waals surface area (Å²) in [5.74, 6) is -1.18. The molecule has 10 heteroatoms. The van der Waals surface area contributed by atoms with Gasteiger partial charge in [-0.3, -0.25) is 30.3 Å². The van der Waals surface area contributed by atoms with Gasteiger partial charge in [-0.25, -0.2) is 8.42 Å². The van der Waals surface area contributed by atoms with E-state index in [9.17, 15) is 18.0 Å². The van der Waals surface area contributed by atoms with Gasteiger partial charge in [0, 0.05) is 18.8 Å². The standard InChI is InChI=1S/C15H16N4O5S/c1-19(24-2)25(22,23)12-8-6-11(7-9-12)14(20)17-18-15(21)13-5-3-4-10-16-13/h3-10H,1-2H3,(H,17,20)(H,18,21). The van der Waals surface area contributed by atoms with E-state index in [1.54, 1.807) is 12.1 Å². The zero-order valence-electron chi connectivity index (χ0n) is 13.5. The van der Waals surface area contributed by atoms with Crippen molar-refractivity contribution in [2.24, 2.45) is 0 Å². The normalized spacial score (nSPS) is 11.2. The van der Waals surface area contributed by atoms with Crippen LogP contribution < -0.4 is 10.9 Å². The van der Waals surface area contributed by atoms with E-state index in [2.05, 4.69) is 20.7 Å². The number of hydrogen-bond donors (Lipinski definition) is 2. The SMILES string of the molecule is CON(C)S(=O)(=O)c1ccc(C(=O)NNC(=O)c2ccccn2)cc1. The number of hydrazine groups is 1. The van der Waals surface area contributed by atoms with Crippen LogP contribution in [0.15, 0.2) is 53.6 Å². The van der Waals surface area contributed by atoms with Crippen LogP contribution in [0.3, 0.4) is 0 Å². The molecule has 1 aromatic carbocycles. The second-order valence-electron chi connectivity index (χ2n) is 4.74. The molecule has 132 valence electrons. The van der Waals surface area contributed by atoms with Gasteiger partial charge in [0.2, 0.25) is 0 Å². The second kappa shape index (κ2) is 7.83. The van der Waals surface area contributed by atoms with Crippen LogP contribution in [0, 0.1) is 0 Å². The topological polar surface area (TPSA) is 118 Å². The fourth-order valence-electron chi connectivity index (χ4n) is 1.77. The van der Waals surface area contributed by atoms with Crippen molar-refractivity contribution in [1.82, 2.24) is 20.3 Å². The summed E-state index contributed by atoms with van der Waals surface area (Å²) in [5, 5.41) is 0. The summed E-state index contributed by atoms with van der Waals surface area (Å²) in [6.07, 6.45) is 1.45. The highest BCUT2D eigenvalue weighted by Crippen LogP contribution is 2.15. The minimum absolute atomic E-state index is 0.0362. The summed E-state index contributed by atoms with van der Waals surface area (Å²) in [5.41, 5.74) is 4.76. The largest absolute Gasteiger partial charge is 0.288 e. The summed E-state index contributed by atoms with van der Waals surface area (Å²) in [6, 6.07) is 9.96. The molecular weight excluding hydrogens is 348 g/mol. The van der Waals surface area contributed by atoms with Crippen molar-refractivity contribution in [3.05, 3.63) is 59.9 Å². The van der Waals surface area contributed by atoms with E-state index in [0.29, 0.717) is 4.47 Å². The monoisotopic (exact) mass is 364 g/mol. The number of benzene rings is 1. The van der Waals surface area contributed by atoms with E-state index in [0.717, 1.165) is 0 Å². The maximum absolute atomic E-state index is 12.1. The van der Waals surface area contributed by atoms with Crippen LogP contribution in [-0.4, -0.2) is 43.8 Å². The first-order valence-electron chi connectivity index (χ1n) is 7.01. The van der Waals surface area contributed by atoms with Crippen LogP contribution in [0.25, 0.3) is 0 Å². The van der Waals surface area contributed by atoms with Gasteiger partial charge in [0.15, 0.2) is 0 Å². The molecule has 9 nitrogen and oxygen atoms in total. The number of amides is 2. The lowest BCUT2D eigenvalue weighted by molar-refractivity contribution is -0.0258. The molecule has 0 saturated carbocycles. The van der Waals surface area contributed by atoms with E-state index in [-0.39, 0.29) is 16.2 Å². The molecule has 0 aliphatic heterocycles. The summed E-state index contributed by atoms with van der Waals surface area (Å²) in [4.78, 5) is 32.3. The first-order valence-corrected chi connectivity index (χ1v) is 8.45. The highest BCUT2D eigenvalue weighted by Gasteiger charge is 2.21. The Bertz CT molecular complexity index is 853. The van der Waals surface area contributed by atoms with Crippen molar-refractivity contribution in [3.8, 4) is 0 Å². The lowest BCUT2D eigenvalue weighted by atomic mass is 10.2. The fraction of sp³-hybridized carbons (Fsp3) is 0.133. The average Bonchev–Trinajstić information content (AvgIpc) is 2.65. The minimum Gasteiger partial charge on any atom is -0.288 e. The van der Waals surface area contributed by atoms with Crippen molar-refractivity contribution in [1.29, 1.82) is 0 Å². The molecule has 1 aromatic heterocycles. The molecule has 2 amide bonds. The third-order valence-corrected chi connectivity index (χ3v) is 4.89. The number of rotatable bonds is 5. The van der Waals surface area contributed by atoms with Gasteiger partial charge in [0.25, 0.3) is 21.8 Å². The highest BCUT2D eigenvalue weighted by molar-refractivity contribution is 7.89. The van der Waals surface area contributed by atoms with E-state index >= 15 is 0 Å². The Hall–Kier alpha value is -2.82. The van der Waals surface area contributed by atoms with Crippen molar-refractivity contribution >= 4 is 21.8 Å². The predicted molar refractivity (Wildman–Crippen MR) is 87.6 cm³/mol. The molecule has 0 unspecified atom stereocenters. The molecule has 1 heterocycles. The number of hydrogen-bond acceptors (Lipinski definition) is 6. The predicted octanol–water partition coefficient (Wildman–Crippen LogP) is 0.338. The molecule has 2 rings (SSSR count). The van der Waals surface area contributed by atoms with Crippen molar-refractivity contribution in [3.63, 3.8) is 0 Å². The van der Waals surface area contributed by atoms with Gasteiger partial charge in [-0.1, -0.05) is 10.5 Å². The summed E-state index contributed by atoms with van der Waals surface area (Å²) < 4.78 is 24.8. The quantitative estimate of drug-likeness (QED) is 0.739.